The van der Waals surface area contributed by atoms with Gasteiger partial charge in [-0.1, -0.05) is 43.7 Å². The van der Waals surface area contributed by atoms with Gasteiger partial charge in [-0.3, -0.25) is 14.9 Å². The molecule has 1 fully saturated rings. The van der Waals surface area contributed by atoms with Gasteiger partial charge in [0.2, 0.25) is 5.91 Å². The van der Waals surface area contributed by atoms with Gasteiger partial charge in [-0.05, 0) is 72.3 Å². The molecule has 0 radical (unpaired) electrons. The van der Waals surface area contributed by atoms with Crippen LogP contribution in [-0.2, 0) is 11.3 Å². The molecule has 2 unspecified atom stereocenters. The second-order valence-corrected chi connectivity index (χ2v) is 10.3. The Labute approximate surface area is 230 Å². The van der Waals surface area contributed by atoms with E-state index in [4.69, 9.17) is 15.2 Å². The van der Waals surface area contributed by atoms with Gasteiger partial charge in [-0.15, -0.1) is 0 Å². The van der Waals surface area contributed by atoms with Crippen molar-refractivity contribution in [2.45, 2.75) is 50.7 Å². The van der Waals surface area contributed by atoms with Crippen molar-refractivity contribution in [1.29, 1.82) is 0 Å². The van der Waals surface area contributed by atoms with Crippen molar-refractivity contribution in [1.82, 2.24) is 16.0 Å². The SMILES string of the molecule is CCC[C@@H](CNC(=O)c1ccc2ccccc2c1)NC1(C(=O)NCc2cc(OC)cc(OC)c2)CC1CCN. The quantitative estimate of drug-likeness (QED) is 0.251. The van der Waals surface area contributed by atoms with Crippen molar-refractivity contribution >= 4 is 22.6 Å². The van der Waals surface area contributed by atoms with Crippen LogP contribution in [0.3, 0.4) is 0 Å². The van der Waals surface area contributed by atoms with Gasteiger partial charge in [0.25, 0.3) is 5.91 Å². The average Bonchev–Trinajstić information content (AvgIpc) is 3.66. The number of nitrogens with two attached hydrogens (primary N) is 1. The van der Waals surface area contributed by atoms with Crippen molar-refractivity contribution in [3.05, 3.63) is 71.8 Å². The molecule has 39 heavy (non-hydrogen) atoms. The van der Waals surface area contributed by atoms with Gasteiger partial charge >= 0.3 is 0 Å². The van der Waals surface area contributed by atoms with Gasteiger partial charge in [-0.25, -0.2) is 0 Å². The van der Waals surface area contributed by atoms with Crippen LogP contribution in [0.2, 0.25) is 0 Å². The summed E-state index contributed by atoms with van der Waals surface area (Å²) in [5.41, 5.74) is 6.68. The molecule has 4 rings (SSSR count). The number of carbonyl (C=O) groups is 2. The third-order valence-corrected chi connectivity index (χ3v) is 7.51. The smallest absolute Gasteiger partial charge is 0.251 e. The van der Waals surface area contributed by atoms with Gasteiger partial charge < -0.3 is 25.8 Å². The van der Waals surface area contributed by atoms with E-state index in [-0.39, 0.29) is 23.8 Å². The van der Waals surface area contributed by atoms with Crippen molar-refractivity contribution in [2.24, 2.45) is 11.7 Å². The van der Waals surface area contributed by atoms with E-state index in [1.165, 1.54) is 0 Å². The lowest BCUT2D eigenvalue weighted by atomic mass is 10.0. The average molecular weight is 533 g/mol. The third-order valence-electron chi connectivity index (χ3n) is 7.51. The summed E-state index contributed by atoms with van der Waals surface area (Å²) in [6, 6.07) is 19.2. The van der Waals surface area contributed by atoms with Gasteiger partial charge in [0.15, 0.2) is 0 Å². The first-order valence-electron chi connectivity index (χ1n) is 13.7. The summed E-state index contributed by atoms with van der Waals surface area (Å²) < 4.78 is 10.7. The highest BCUT2D eigenvalue weighted by molar-refractivity contribution is 5.98. The van der Waals surface area contributed by atoms with Gasteiger partial charge in [0.1, 0.15) is 17.0 Å². The number of hydrogen-bond donors (Lipinski definition) is 4. The van der Waals surface area contributed by atoms with E-state index < -0.39 is 5.54 Å². The molecule has 3 atom stereocenters. The van der Waals surface area contributed by atoms with Gasteiger partial charge in [0, 0.05) is 30.8 Å². The zero-order valence-electron chi connectivity index (χ0n) is 23.1. The van der Waals surface area contributed by atoms with Gasteiger partial charge in [0.05, 0.1) is 14.2 Å². The zero-order valence-corrected chi connectivity index (χ0v) is 23.1. The molecule has 0 spiro atoms. The van der Waals surface area contributed by atoms with E-state index >= 15 is 0 Å². The minimum atomic E-state index is -0.699. The Morgan fingerprint density at radius 3 is 2.38 bits per heavy atom. The molecule has 1 aliphatic rings. The number of ether oxygens (including phenoxy) is 2. The van der Waals surface area contributed by atoms with Crippen molar-refractivity contribution in [2.75, 3.05) is 27.3 Å². The first kappa shape index (κ1) is 28.4. The molecule has 0 aliphatic heterocycles. The highest BCUT2D eigenvalue weighted by Crippen LogP contribution is 2.46. The highest BCUT2D eigenvalue weighted by atomic mass is 16.5. The van der Waals surface area contributed by atoms with Crippen LogP contribution in [-0.4, -0.2) is 50.7 Å². The van der Waals surface area contributed by atoms with Crippen LogP contribution in [0.1, 0.15) is 48.5 Å². The summed E-state index contributed by atoms with van der Waals surface area (Å²) in [5.74, 6) is 1.32. The molecule has 5 N–H and O–H groups in total. The van der Waals surface area contributed by atoms with E-state index in [0.29, 0.717) is 36.7 Å². The number of amides is 2. The molecule has 1 saturated carbocycles. The summed E-state index contributed by atoms with van der Waals surface area (Å²) in [4.78, 5) is 26.5. The molecule has 8 nitrogen and oxygen atoms in total. The Hall–Kier alpha value is -3.62. The van der Waals surface area contributed by atoms with Crippen LogP contribution in [0.25, 0.3) is 10.8 Å². The second kappa shape index (κ2) is 13.0. The molecule has 0 aromatic heterocycles. The monoisotopic (exact) mass is 532 g/mol. The molecule has 0 heterocycles. The fraction of sp³-hybridized carbons (Fsp3) is 0.419. The van der Waals surface area contributed by atoms with E-state index in [9.17, 15) is 9.59 Å². The molecule has 0 bridgehead atoms. The Morgan fingerprint density at radius 1 is 1.00 bits per heavy atom. The number of methoxy groups -OCH3 is 2. The topological polar surface area (TPSA) is 115 Å². The second-order valence-electron chi connectivity index (χ2n) is 10.3. The lowest BCUT2D eigenvalue weighted by molar-refractivity contribution is -0.125. The maximum atomic E-state index is 13.6. The fourth-order valence-corrected chi connectivity index (χ4v) is 5.29. The summed E-state index contributed by atoms with van der Waals surface area (Å²) >= 11 is 0. The standard InChI is InChI=1S/C31H40N4O4/c1-4-7-26(20-33-29(36)24-11-10-22-8-5-6-9-23(22)16-24)35-31(18-25(31)12-13-32)30(37)34-19-21-14-27(38-2)17-28(15-21)39-3/h5-6,8-11,14-17,25-26,35H,4,7,12-13,18-20,32H2,1-3H3,(H,33,36)(H,34,37)/t25?,26-,31?/m0/s1. The Kier molecular flexibility index (Phi) is 9.43. The largest absolute Gasteiger partial charge is 0.497 e. The third kappa shape index (κ3) is 6.88. The maximum Gasteiger partial charge on any atom is 0.251 e. The normalized spacial score (nSPS) is 18.8. The van der Waals surface area contributed by atoms with Crippen LogP contribution in [0.5, 0.6) is 11.5 Å². The molecule has 3 aromatic carbocycles. The first-order chi connectivity index (χ1) is 18.9. The molecular formula is C31H40N4O4. The Bertz CT molecular complexity index is 1270. The zero-order chi connectivity index (χ0) is 27.8. The summed E-state index contributed by atoms with van der Waals surface area (Å²) in [6.07, 6.45) is 3.23. The minimum Gasteiger partial charge on any atom is -0.497 e. The molecule has 1 aliphatic carbocycles. The van der Waals surface area contributed by atoms with Crippen LogP contribution < -0.4 is 31.2 Å². The molecule has 0 saturated heterocycles. The van der Waals surface area contributed by atoms with Crippen molar-refractivity contribution in [3.63, 3.8) is 0 Å². The lowest BCUT2D eigenvalue weighted by Gasteiger charge is -2.27. The summed E-state index contributed by atoms with van der Waals surface area (Å²) in [6.45, 7) is 3.40. The number of rotatable bonds is 14. The number of hydrogen-bond acceptors (Lipinski definition) is 6. The van der Waals surface area contributed by atoms with Crippen LogP contribution in [0.4, 0.5) is 0 Å². The van der Waals surface area contributed by atoms with Crippen molar-refractivity contribution in [3.8, 4) is 11.5 Å². The van der Waals surface area contributed by atoms with E-state index in [1.807, 2.05) is 54.6 Å². The number of carbonyl (C=O) groups excluding carboxylic acids is 2. The minimum absolute atomic E-state index is 0.0511. The Balaban J connectivity index is 1.42. The summed E-state index contributed by atoms with van der Waals surface area (Å²) in [5, 5.41) is 11.9. The molecule has 2 amide bonds. The lowest BCUT2D eigenvalue weighted by Crippen LogP contribution is -2.54. The van der Waals surface area contributed by atoms with Crippen molar-refractivity contribution < 1.29 is 19.1 Å². The number of nitrogens with one attached hydrogen (secondary N) is 3. The van der Waals surface area contributed by atoms with Gasteiger partial charge in [-0.2, -0.15) is 0 Å². The van der Waals surface area contributed by atoms with E-state index in [0.717, 1.165) is 42.0 Å². The maximum absolute atomic E-state index is 13.6. The molecule has 208 valence electrons. The van der Waals surface area contributed by atoms with E-state index in [2.05, 4.69) is 22.9 Å². The van der Waals surface area contributed by atoms with E-state index in [1.54, 1.807) is 20.3 Å². The predicted molar refractivity (Wildman–Crippen MR) is 154 cm³/mol. The van der Waals surface area contributed by atoms with Crippen LogP contribution >= 0.6 is 0 Å². The number of fused-ring (bicyclic) bond motifs is 1. The molecule has 3 aromatic rings. The first-order valence-corrected chi connectivity index (χ1v) is 13.7. The molecular weight excluding hydrogens is 492 g/mol. The van der Waals surface area contributed by atoms with Crippen LogP contribution in [0.15, 0.2) is 60.7 Å². The molecule has 8 heteroatoms. The fourth-order valence-electron chi connectivity index (χ4n) is 5.29. The Morgan fingerprint density at radius 2 is 1.72 bits per heavy atom. The highest BCUT2D eigenvalue weighted by Gasteiger charge is 2.59. The predicted octanol–water partition coefficient (Wildman–Crippen LogP) is 3.77. The van der Waals surface area contributed by atoms with Crippen LogP contribution in [0, 0.1) is 5.92 Å². The summed E-state index contributed by atoms with van der Waals surface area (Å²) in [7, 11) is 3.20. The number of benzene rings is 3.